The van der Waals surface area contributed by atoms with Crippen LogP contribution in [0.1, 0.15) is 36.0 Å². The van der Waals surface area contributed by atoms with Crippen LogP contribution in [0.15, 0.2) is 23.1 Å². The van der Waals surface area contributed by atoms with Crippen LogP contribution in [0.2, 0.25) is 0 Å². The summed E-state index contributed by atoms with van der Waals surface area (Å²) in [5.41, 5.74) is 5.54. The highest BCUT2D eigenvalue weighted by Crippen LogP contribution is 2.33. The van der Waals surface area contributed by atoms with Crippen molar-refractivity contribution in [2.75, 3.05) is 12.3 Å². The van der Waals surface area contributed by atoms with Crippen molar-refractivity contribution in [1.29, 1.82) is 0 Å². The van der Waals surface area contributed by atoms with Gasteiger partial charge in [0.05, 0.1) is 11.3 Å². The first-order valence-electron chi connectivity index (χ1n) is 6.52. The third-order valence-electron chi connectivity index (χ3n) is 3.32. The molecule has 0 saturated heterocycles. The zero-order valence-corrected chi connectivity index (χ0v) is 11.8. The Bertz CT molecular complexity index is 609. The summed E-state index contributed by atoms with van der Waals surface area (Å²) < 4.78 is 26.6. The summed E-state index contributed by atoms with van der Waals surface area (Å²) in [6.45, 7) is 0.374. The van der Waals surface area contributed by atoms with Crippen molar-refractivity contribution in [1.82, 2.24) is 4.72 Å². The Hall–Kier alpha value is -1.60. The molecule has 6 nitrogen and oxygen atoms in total. The minimum atomic E-state index is -3.68. The lowest BCUT2D eigenvalue weighted by molar-refractivity contribution is 0.0697. The van der Waals surface area contributed by atoms with E-state index in [1.54, 1.807) is 0 Å². The summed E-state index contributed by atoms with van der Waals surface area (Å²) in [6.07, 6.45) is 4.33. The van der Waals surface area contributed by atoms with Gasteiger partial charge in [-0.1, -0.05) is 12.8 Å². The number of nitrogens with two attached hydrogens (primary N) is 1. The normalized spacial score (nSPS) is 15.2. The van der Waals surface area contributed by atoms with E-state index in [-0.39, 0.29) is 16.1 Å². The molecule has 0 radical (unpaired) electrons. The molecular formula is C13H18N2O4S. The molecule has 0 atom stereocenters. The highest BCUT2D eigenvalue weighted by atomic mass is 32.2. The number of anilines is 1. The van der Waals surface area contributed by atoms with Gasteiger partial charge in [0.25, 0.3) is 0 Å². The zero-order chi connectivity index (χ0) is 14.8. The fraction of sp³-hybridized carbons (Fsp3) is 0.462. The quantitative estimate of drug-likeness (QED) is 0.521. The molecule has 20 heavy (non-hydrogen) atoms. The van der Waals surface area contributed by atoms with Crippen LogP contribution in [0.3, 0.4) is 0 Å². The number of sulfonamides is 1. The van der Waals surface area contributed by atoms with Crippen LogP contribution in [0.4, 0.5) is 5.69 Å². The van der Waals surface area contributed by atoms with Gasteiger partial charge in [-0.3, -0.25) is 0 Å². The molecule has 0 heterocycles. The Morgan fingerprint density at radius 2 is 2.10 bits per heavy atom. The Morgan fingerprint density at radius 1 is 1.40 bits per heavy atom. The van der Waals surface area contributed by atoms with Crippen LogP contribution in [0.25, 0.3) is 0 Å². The number of carboxylic acid groups (broad SMARTS) is 1. The summed E-state index contributed by atoms with van der Waals surface area (Å²) in [7, 11) is -3.68. The average Bonchev–Trinajstić information content (AvgIpc) is 3.18. The second-order valence-electron chi connectivity index (χ2n) is 5.04. The summed E-state index contributed by atoms with van der Waals surface area (Å²) >= 11 is 0. The standard InChI is InChI=1S/C13H18N2O4S/c14-11-8-10(13(16)17)5-6-12(11)20(18,19)15-7-1-2-9-3-4-9/h5-6,8-9,15H,1-4,7,14H2,(H,16,17). The van der Waals surface area contributed by atoms with Crippen molar-refractivity contribution in [2.45, 2.75) is 30.6 Å². The van der Waals surface area contributed by atoms with Gasteiger partial charge in [-0.15, -0.1) is 0 Å². The molecule has 1 aromatic rings. The fourth-order valence-electron chi connectivity index (χ4n) is 2.01. The van der Waals surface area contributed by atoms with E-state index in [4.69, 9.17) is 10.8 Å². The summed E-state index contributed by atoms with van der Waals surface area (Å²) in [5.74, 6) is -0.377. The smallest absolute Gasteiger partial charge is 0.335 e. The van der Waals surface area contributed by atoms with Crippen molar-refractivity contribution >= 4 is 21.7 Å². The molecule has 4 N–H and O–H groups in total. The molecular weight excluding hydrogens is 280 g/mol. The van der Waals surface area contributed by atoms with E-state index in [0.717, 1.165) is 24.8 Å². The van der Waals surface area contributed by atoms with Crippen LogP contribution in [0.5, 0.6) is 0 Å². The lowest BCUT2D eigenvalue weighted by atomic mass is 10.2. The Kier molecular flexibility index (Phi) is 4.29. The number of nitrogen functional groups attached to an aromatic ring is 1. The van der Waals surface area contributed by atoms with Crippen LogP contribution >= 0.6 is 0 Å². The molecule has 1 aliphatic rings. The second-order valence-corrected chi connectivity index (χ2v) is 6.78. The number of aromatic carboxylic acids is 1. The van der Waals surface area contributed by atoms with Gasteiger partial charge in [0, 0.05) is 6.54 Å². The Morgan fingerprint density at radius 3 is 2.65 bits per heavy atom. The minimum absolute atomic E-state index is 0.0322. The predicted molar refractivity (Wildman–Crippen MR) is 75.0 cm³/mol. The van der Waals surface area contributed by atoms with Crippen molar-refractivity contribution < 1.29 is 18.3 Å². The molecule has 1 fully saturated rings. The molecule has 1 saturated carbocycles. The van der Waals surface area contributed by atoms with E-state index in [1.165, 1.54) is 25.0 Å². The van der Waals surface area contributed by atoms with E-state index in [0.29, 0.717) is 6.54 Å². The number of hydrogen-bond acceptors (Lipinski definition) is 4. The number of carbonyl (C=O) groups is 1. The van der Waals surface area contributed by atoms with Crippen molar-refractivity contribution in [3.8, 4) is 0 Å². The SMILES string of the molecule is Nc1cc(C(=O)O)ccc1S(=O)(=O)NCCCC1CC1. The molecule has 0 unspecified atom stereocenters. The van der Waals surface area contributed by atoms with Crippen molar-refractivity contribution in [3.05, 3.63) is 23.8 Å². The van der Waals surface area contributed by atoms with Gasteiger partial charge >= 0.3 is 5.97 Å². The van der Waals surface area contributed by atoms with Gasteiger partial charge in [-0.2, -0.15) is 0 Å². The highest BCUT2D eigenvalue weighted by Gasteiger charge is 2.21. The first-order valence-corrected chi connectivity index (χ1v) is 8.01. The maximum Gasteiger partial charge on any atom is 0.335 e. The third kappa shape index (κ3) is 3.71. The lowest BCUT2D eigenvalue weighted by Crippen LogP contribution is -2.25. The molecule has 110 valence electrons. The van der Waals surface area contributed by atoms with Gasteiger partial charge in [-0.25, -0.2) is 17.9 Å². The Labute approximate surface area is 118 Å². The number of hydrogen-bond donors (Lipinski definition) is 3. The van der Waals surface area contributed by atoms with Crippen LogP contribution < -0.4 is 10.5 Å². The number of rotatable bonds is 7. The maximum absolute atomic E-state index is 12.1. The largest absolute Gasteiger partial charge is 0.478 e. The molecule has 0 aliphatic heterocycles. The number of nitrogens with one attached hydrogen (secondary N) is 1. The molecule has 0 aromatic heterocycles. The zero-order valence-electron chi connectivity index (χ0n) is 11.0. The third-order valence-corrected chi connectivity index (χ3v) is 4.86. The van der Waals surface area contributed by atoms with Gasteiger partial charge in [0.1, 0.15) is 4.90 Å². The van der Waals surface area contributed by atoms with Gasteiger partial charge in [0.15, 0.2) is 0 Å². The summed E-state index contributed by atoms with van der Waals surface area (Å²) in [5, 5.41) is 8.81. The van der Waals surface area contributed by atoms with E-state index < -0.39 is 16.0 Å². The second kappa shape index (κ2) is 5.80. The Balaban J connectivity index is 2.02. The van der Waals surface area contributed by atoms with Gasteiger partial charge in [0.2, 0.25) is 10.0 Å². The molecule has 2 rings (SSSR count). The number of carboxylic acids is 1. The topological polar surface area (TPSA) is 109 Å². The average molecular weight is 298 g/mol. The molecule has 0 amide bonds. The minimum Gasteiger partial charge on any atom is -0.478 e. The summed E-state index contributed by atoms with van der Waals surface area (Å²) in [4.78, 5) is 10.7. The number of benzene rings is 1. The maximum atomic E-state index is 12.1. The fourth-order valence-corrected chi connectivity index (χ4v) is 3.19. The van der Waals surface area contributed by atoms with E-state index in [1.807, 2.05) is 0 Å². The van der Waals surface area contributed by atoms with Crippen molar-refractivity contribution in [3.63, 3.8) is 0 Å². The highest BCUT2D eigenvalue weighted by molar-refractivity contribution is 7.89. The molecule has 0 bridgehead atoms. The van der Waals surface area contributed by atoms with E-state index >= 15 is 0 Å². The van der Waals surface area contributed by atoms with Crippen molar-refractivity contribution in [2.24, 2.45) is 5.92 Å². The summed E-state index contributed by atoms with van der Waals surface area (Å²) in [6, 6.07) is 3.61. The predicted octanol–water partition coefficient (Wildman–Crippen LogP) is 1.44. The van der Waals surface area contributed by atoms with Gasteiger partial charge < -0.3 is 10.8 Å². The lowest BCUT2D eigenvalue weighted by Gasteiger charge is -2.09. The van der Waals surface area contributed by atoms with Crippen LogP contribution in [-0.2, 0) is 10.0 Å². The van der Waals surface area contributed by atoms with E-state index in [2.05, 4.69) is 4.72 Å². The first kappa shape index (κ1) is 14.8. The monoisotopic (exact) mass is 298 g/mol. The van der Waals surface area contributed by atoms with Crippen LogP contribution in [-0.4, -0.2) is 26.0 Å². The molecule has 1 aliphatic carbocycles. The molecule has 7 heteroatoms. The molecule has 0 spiro atoms. The van der Waals surface area contributed by atoms with E-state index in [9.17, 15) is 13.2 Å². The van der Waals surface area contributed by atoms with Gasteiger partial charge in [-0.05, 0) is 37.0 Å². The first-order chi connectivity index (χ1) is 9.40. The molecule has 1 aromatic carbocycles. The van der Waals surface area contributed by atoms with Crippen LogP contribution in [0, 0.1) is 5.92 Å².